The Morgan fingerprint density at radius 2 is 2.17 bits per heavy atom. The van der Waals surface area contributed by atoms with Gasteiger partial charge in [0.25, 0.3) is 0 Å². The molecule has 0 saturated carbocycles. The van der Waals surface area contributed by atoms with Crippen LogP contribution in [0, 0.1) is 0 Å². The van der Waals surface area contributed by atoms with Gasteiger partial charge in [-0.05, 0) is 6.42 Å². The monoisotopic (exact) mass is 268 g/mol. The minimum absolute atomic E-state index is 0.344. The maximum Gasteiger partial charge on any atom is 0.185 e. The minimum atomic E-state index is 0.344. The molecule has 0 spiro atoms. The van der Waals surface area contributed by atoms with Crippen LogP contribution in [0.2, 0.25) is 0 Å². The summed E-state index contributed by atoms with van der Waals surface area (Å²) in [6, 6.07) is 0.344. The molecule has 0 aromatic carbocycles. The summed E-state index contributed by atoms with van der Waals surface area (Å²) in [5, 5.41) is 3.20. The van der Waals surface area contributed by atoms with Crippen molar-refractivity contribution in [3.63, 3.8) is 0 Å². The van der Waals surface area contributed by atoms with E-state index in [1.807, 2.05) is 11.6 Å². The Labute approximate surface area is 114 Å². The lowest BCUT2D eigenvalue weighted by atomic mass is 10.1. The van der Waals surface area contributed by atoms with E-state index in [4.69, 9.17) is 5.73 Å². The van der Waals surface area contributed by atoms with Crippen LogP contribution in [-0.2, 0) is 0 Å². The molecule has 1 aliphatic rings. The zero-order valence-corrected chi connectivity index (χ0v) is 12.0. The van der Waals surface area contributed by atoms with Crippen molar-refractivity contribution in [2.75, 3.05) is 37.6 Å². The van der Waals surface area contributed by atoms with Crippen molar-refractivity contribution < 1.29 is 0 Å². The second kappa shape index (κ2) is 7.07. The Morgan fingerprint density at radius 1 is 1.39 bits per heavy atom. The molecular weight excluding hydrogens is 244 g/mol. The summed E-state index contributed by atoms with van der Waals surface area (Å²) in [5.41, 5.74) is 6.15. The van der Waals surface area contributed by atoms with Crippen LogP contribution in [0.15, 0.2) is 11.6 Å². The lowest BCUT2D eigenvalue weighted by Crippen LogP contribution is -2.49. The molecule has 5 heteroatoms. The molecule has 0 aliphatic carbocycles. The van der Waals surface area contributed by atoms with Crippen molar-refractivity contribution in [3.05, 3.63) is 11.6 Å². The molecule has 0 unspecified atom stereocenters. The molecule has 1 aromatic rings. The van der Waals surface area contributed by atoms with Gasteiger partial charge >= 0.3 is 0 Å². The van der Waals surface area contributed by atoms with Gasteiger partial charge in [-0.2, -0.15) is 0 Å². The number of rotatable bonds is 6. The Kier molecular flexibility index (Phi) is 5.41. The molecular formula is C13H24N4S. The summed E-state index contributed by atoms with van der Waals surface area (Å²) in [4.78, 5) is 9.23. The normalized spacial score (nSPS) is 19.1. The van der Waals surface area contributed by atoms with E-state index in [0.717, 1.165) is 44.3 Å². The molecule has 1 aromatic heterocycles. The Balaban J connectivity index is 1.70. The van der Waals surface area contributed by atoms with E-state index >= 15 is 0 Å². The lowest BCUT2D eigenvalue weighted by Gasteiger charge is -2.35. The molecule has 1 fully saturated rings. The summed E-state index contributed by atoms with van der Waals surface area (Å²) in [6.45, 7) is 7.64. The molecule has 2 rings (SSSR count). The number of hydrogen-bond acceptors (Lipinski definition) is 5. The van der Waals surface area contributed by atoms with Crippen LogP contribution in [0.4, 0.5) is 5.13 Å². The number of piperazine rings is 1. The van der Waals surface area contributed by atoms with Crippen molar-refractivity contribution in [1.82, 2.24) is 9.88 Å². The van der Waals surface area contributed by atoms with Gasteiger partial charge in [-0.3, -0.25) is 4.90 Å². The van der Waals surface area contributed by atoms with E-state index in [1.165, 1.54) is 12.8 Å². The summed E-state index contributed by atoms with van der Waals surface area (Å²) < 4.78 is 0. The molecule has 2 heterocycles. The van der Waals surface area contributed by atoms with Crippen LogP contribution in [0.5, 0.6) is 0 Å². The summed E-state index contributed by atoms with van der Waals surface area (Å²) >= 11 is 1.73. The SMILES string of the molecule is CCCC[C@H](N)CN1CCN(c2nccs2)CC1. The first-order valence-electron chi connectivity index (χ1n) is 6.92. The van der Waals surface area contributed by atoms with Gasteiger partial charge in [0.2, 0.25) is 0 Å². The van der Waals surface area contributed by atoms with Gasteiger partial charge in [0, 0.05) is 50.3 Å². The fraction of sp³-hybridized carbons (Fsp3) is 0.769. The predicted molar refractivity (Wildman–Crippen MR) is 78.3 cm³/mol. The maximum absolute atomic E-state index is 6.15. The number of anilines is 1. The topological polar surface area (TPSA) is 45.4 Å². The first-order chi connectivity index (χ1) is 8.79. The van der Waals surface area contributed by atoms with Crippen molar-refractivity contribution in [2.24, 2.45) is 5.73 Å². The quantitative estimate of drug-likeness (QED) is 0.854. The summed E-state index contributed by atoms with van der Waals surface area (Å²) in [7, 11) is 0. The average Bonchev–Trinajstić information content (AvgIpc) is 2.91. The number of nitrogens with zero attached hydrogens (tertiary/aromatic N) is 3. The predicted octanol–water partition coefficient (Wildman–Crippen LogP) is 1.78. The van der Waals surface area contributed by atoms with Crippen LogP contribution in [0.25, 0.3) is 0 Å². The highest BCUT2D eigenvalue weighted by Gasteiger charge is 2.19. The van der Waals surface area contributed by atoms with E-state index in [1.54, 1.807) is 11.3 Å². The van der Waals surface area contributed by atoms with Gasteiger partial charge in [0.1, 0.15) is 0 Å². The van der Waals surface area contributed by atoms with Crippen LogP contribution in [0.3, 0.4) is 0 Å². The lowest BCUT2D eigenvalue weighted by molar-refractivity contribution is 0.238. The van der Waals surface area contributed by atoms with Crippen LogP contribution in [0.1, 0.15) is 26.2 Å². The first kappa shape index (κ1) is 13.8. The van der Waals surface area contributed by atoms with Gasteiger partial charge in [0.15, 0.2) is 5.13 Å². The number of hydrogen-bond donors (Lipinski definition) is 1. The van der Waals surface area contributed by atoms with Gasteiger partial charge in [-0.15, -0.1) is 11.3 Å². The summed E-state index contributed by atoms with van der Waals surface area (Å²) in [6.07, 6.45) is 5.53. The van der Waals surface area contributed by atoms with Gasteiger partial charge in [-0.1, -0.05) is 19.8 Å². The molecule has 0 bridgehead atoms. The third-order valence-corrected chi connectivity index (χ3v) is 4.32. The fourth-order valence-electron chi connectivity index (χ4n) is 2.38. The van der Waals surface area contributed by atoms with Crippen molar-refractivity contribution in [3.8, 4) is 0 Å². The molecule has 1 atom stereocenters. The Morgan fingerprint density at radius 3 is 2.78 bits per heavy atom. The van der Waals surface area contributed by atoms with Crippen molar-refractivity contribution in [1.29, 1.82) is 0 Å². The third kappa shape index (κ3) is 3.93. The highest BCUT2D eigenvalue weighted by Crippen LogP contribution is 2.18. The second-order valence-electron chi connectivity index (χ2n) is 5.00. The van der Waals surface area contributed by atoms with Gasteiger partial charge < -0.3 is 10.6 Å². The van der Waals surface area contributed by atoms with E-state index in [-0.39, 0.29) is 0 Å². The van der Waals surface area contributed by atoms with E-state index in [9.17, 15) is 0 Å². The third-order valence-electron chi connectivity index (χ3n) is 3.48. The minimum Gasteiger partial charge on any atom is -0.346 e. The molecule has 2 N–H and O–H groups in total. The molecule has 1 aliphatic heterocycles. The molecule has 0 radical (unpaired) electrons. The average molecular weight is 268 g/mol. The van der Waals surface area contributed by atoms with Gasteiger partial charge in [0.05, 0.1) is 0 Å². The molecule has 0 amide bonds. The highest BCUT2D eigenvalue weighted by molar-refractivity contribution is 7.13. The molecule has 4 nitrogen and oxygen atoms in total. The van der Waals surface area contributed by atoms with Crippen LogP contribution < -0.4 is 10.6 Å². The van der Waals surface area contributed by atoms with E-state index in [2.05, 4.69) is 21.7 Å². The number of thiazole rings is 1. The van der Waals surface area contributed by atoms with Crippen LogP contribution >= 0.6 is 11.3 Å². The molecule has 102 valence electrons. The standard InChI is InChI=1S/C13H24N4S/c1-2-3-4-12(14)11-16-6-8-17(9-7-16)13-15-5-10-18-13/h5,10,12H,2-4,6-9,11,14H2,1H3/t12-/m0/s1. The summed E-state index contributed by atoms with van der Waals surface area (Å²) in [5.74, 6) is 0. The zero-order chi connectivity index (χ0) is 12.8. The second-order valence-corrected chi connectivity index (χ2v) is 5.88. The van der Waals surface area contributed by atoms with Gasteiger partial charge in [-0.25, -0.2) is 4.98 Å². The number of unbranched alkanes of at least 4 members (excludes halogenated alkanes) is 1. The Hall–Kier alpha value is -0.650. The Bertz CT molecular complexity index is 320. The smallest absolute Gasteiger partial charge is 0.185 e. The molecule has 18 heavy (non-hydrogen) atoms. The first-order valence-corrected chi connectivity index (χ1v) is 7.80. The largest absolute Gasteiger partial charge is 0.346 e. The number of nitrogens with two attached hydrogens (primary N) is 1. The van der Waals surface area contributed by atoms with Crippen molar-refractivity contribution in [2.45, 2.75) is 32.2 Å². The maximum atomic E-state index is 6.15. The fourth-order valence-corrected chi connectivity index (χ4v) is 3.08. The molecule has 1 saturated heterocycles. The zero-order valence-electron chi connectivity index (χ0n) is 11.2. The van der Waals surface area contributed by atoms with E-state index in [0.29, 0.717) is 6.04 Å². The van der Waals surface area contributed by atoms with E-state index < -0.39 is 0 Å². The highest BCUT2D eigenvalue weighted by atomic mass is 32.1. The van der Waals surface area contributed by atoms with Crippen LogP contribution in [-0.4, -0.2) is 48.6 Å². The number of aromatic nitrogens is 1. The van der Waals surface area contributed by atoms with Crippen molar-refractivity contribution >= 4 is 16.5 Å².